The number of hydrazone groups is 1. The van der Waals surface area contributed by atoms with Crippen LogP contribution in [-0.2, 0) is 16.0 Å². The van der Waals surface area contributed by atoms with Crippen LogP contribution in [0.4, 0.5) is 0 Å². The molecule has 1 N–H and O–H groups in total. The molecule has 6 heteroatoms. The second-order valence-corrected chi connectivity index (χ2v) is 6.63. The summed E-state index contributed by atoms with van der Waals surface area (Å²) >= 11 is 0. The number of rotatable bonds is 8. The van der Waals surface area contributed by atoms with Gasteiger partial charge in [-0.2, -0.15) is 5.10 Å². The van der Waals surface area contributed by atoms with Crippen LogP contribution in [0.5, 0.6) is 5.75 Å². The number of carbonyl (C=O) groups excluding carboxylic acids is 2. The third kappa shape index (κ3) is 5.42. The normalized spacial score (nSPS) is 13.8. The van der Waals surface area contributed by atoms with Crippen molar-refractivity contribution in [2.75, 3.05) is 20.2 Å². The molecule has 2 aromatic rings. The predicted molar refractivity (Wildman–Crippen MR) is 108 cm³/mol. The summed E-state index contributed by atoms with van der Waals surface area (Å²) in [6.07, 6.45) is 2.03. The Hall–Kier alpha value is -3.15. The summed E-state index contributed by atoms with van der Waals surface area (Å²) in [5.41, 5.74) is 3.00. The van der Waals surface area contributed by atoms with E-state index >= 15 is 0 Å². The lowest BCUT2D eigenvalue weighted by Crippen LogP contribution is -2.35. The van der Waals surface area contributed by atoms with Gasteiger partial charge in [-0.3, -0.25) is 9.59 Å². The Bertz CT molecular complexity index is 832. The van der Waals surface area contributed by atoms with Crippen LogP contribution in [-0.4, -0.2) is 42.7 Å². The lowest BCUT2D eigenvalue weighted by Gasteiger charge is -2.23. The van der Waals surface area contributed by atoms with Crippen molar-refractivity contribution < 1.29 is 14.3 Å². The van der Waals surface area contributed by atoms with Crippen molar-refractivity contribution >= 4 is 17.5 Å². The standard InChI is InChI=1S/C22H25N3O3/c1-28-19-9-7-18(8-10-19)20-11-12-22(27)25(24-20)16-14-21(26)23-15-13-17-5-3-2-4-6-17/h2-10H,11-16H2,1H3,(H,23,26). The number of benzene rings is 2. The van der Waals surface area contributed by atoms with Gasteiger partial charge < -0.3 is 10.1 Å². The molecule has 3 rings (SSSR count). The highest BCUT2D eigenvalue weighted by Crippen LogP contribution is 2.18. The fraction of sp³-hybridized carbons (Fsp3) is 0.318. The third-order valence-corrected chi connectivity index (χ3v) is 4.66. The average Bonchev–Trinajstić information content (AvgIpc) is 2.74. The van der Waals surface area contributed by atoms with E-state index in [4.69, 9.17) is 4.74 Å². The van der Waals surface area contributed by atoms with Crippen LogP contribution in [0.25, 0.3) is 0 Å². The molecule has 1 heterocycles. The average molecular weight is 379 g/mol. The molecule has 0 radical (unpaired) electrons. The van der Waals surface area contributed by atoms with Gasteiger partial charge in [-0.15, -0.1) is 0 Å². The van der Waals surface area contributed by atoms with Crippen molar-refractivity contribution in [2.45, 2.75) is 25.7 Å². The molecule has 0 aromatic heterocycles. The van der Waals surface area contributed by atoms with Crippen molar-refractivity contribution in [1.29, 1.82) is 0 Å². The van der Waals surface area contributed by atoms with Crippen molar-refractivity contribution in [2.24, 2.45) is 5.10 Å². The number of nitrogens with zero attached hydrogens (tertiary/aromatic N) is 2. The Kier molecular flexibility index (Phi) is 6.78. The first-order valence-corrected chi connectivity index (χ1v) is 9.48. The molecule has 1 aliphatic rings. The maximum atomic E-state index is 12.2. The van der Waals surface area contributed by atoms with Crippen LogP contribution < -0.4 is 10.1 Å². The Balaban J connectivity index is 1.50. The van der Waals surface area contributed by atoms with Crippen LogP contribution in [0.2, 0.25) is 0 Å². The van der Waals surface area contributed by atoms with E-state index in [2.05, 4.69) is 10.4 Å². The Morgan fingerprint density at radius 3 is 2.57 bits per heavy atom. The van der Waals surface area contributed by atoms with Gasteiger partial charge in [0.1, 0.15) is 5.75 Å². The number of carbonyl (C=O) groups is 2. The van der Waals surface area contributed by atoms with Crippen molar-refractivity contribution in [3.05, 3.63) is 65.7 Å². The first-order chi connectivity index (χ1) is 13.7. The Morgan fingerprint density at radius 1 is 1.11 bits per heavy atom. The summed E-state index contributed by atoms with van der Waals surface area (Å²) in [5, 5.41) is 8.79. The van der Waals surface area contributed by atoms with Crippen LogP contribution in [0.3, 0.4) is 0 Å². The SMILES string of the molecule is COc1ccc(C2=NN(CCC(=O)NCCc3ccccc3)C(=O)CC2)cc1. The molecule has 0 unspecified atom stereocenters. The molecule has 0 aliphatic carbocycles. The number of nitrogens with one attached hydrogen (secondary N) is 1. The fourth-order valence-corrected chi connectivity index (χ4v) is 3.05. The molecule has 1 aliphatic heterocycles. The highest BCUT2D eigenvalue weighted by molar-refractivity contribution is 6.04. The van der Waals surface area contributed by atoms with Gasteiger partial charge in [-0.25, -0.2) is 5.01 Å². The second kappa shape index (κ2) is 9.69. The highest BCUT2D eigenvalue weighted by atomic mass is 16.5. The zero-order valence-corrected chi connectivity index (χ0v) is 16.1. The van der Waals surface area contributed by atoms with Crippen LogP contribution in [0.1, 0.15) is 30.4 Å². The molecule has 0 spiro atoms. The first kappa shape index (κ1) is 19.6. The minimum Gasteiger partial charge on any atom is -0.497 e. The molecule has 28 heavy (non-hydrogen) atoms. The largest absolute Gasteiger partial charge is 0.497 e. The number of hydrogen-bond donors (Lipinski definition) is 1. The minimum atomic E-state index is -0.0736. The van der Waals surface area contributed by atoms with E-state index in [9.17, 15) is 9.59 Å². The molecular formula is C22H25N3O3. The van der Waals surface area contributed by atoms with E-state index in [1.165, 1.54) is 10.6 Å². The van der Waals surface area contributed by atoms with Crippen LogP contribution in [0, 0.1) is 0 Å². The molecule has 6 nitrogen and oxygen atoms in total. The highest BCUT2D eigenvalue weighted by Gasteiger charge is 2.21. The van der Waals surface area contributed by atoms with E-state index < -0.39 is 0 Å². The lowest BCUT2D eigenvalue weighted by atomic mass is 10.0. The molecule has 0 saturated heterocycles. The Morgan fingerprint density at radius 2 is 1.86 bits per heavy atom. The van der Waals surface area contributed by atoms with Crippen LogP contribution >= 0.6 is 0 Å². The van der Waals surface area contributed by atoms with E-state index in [0.717, 1.165) is 23.4 Å². The van der Waals surface area contributed by atoms with Gasteiger partial charge in [0, 0.05) is 25.8 Å². The van der Waals surface area contributed by atoms with E-state index in [0.29, 0.717) is 19.4 Å². The summed E-state index contributed by atoms with van der Waals surface area (Å²) in [5.74, 6) is 0.658. The number of ether oxygens (including phenoxy) is 1. The van der Waals surface area contributed by atoms with Crippen molar-refractivity contribution in [1.82, 2.24) is 10.3 Å². The van der Waals surface area contributed by atoms with Gasteiger partial charge in [0.15, 0.2) is 0 Å². The zero-order chi connectivity index (χ0) is 19.8. The number of hydrogen-bond acceptors (Lipinski definition) is 4. The first-order valence-electron chi connectivity index (χ1n) is 9.48. The molecule has 146 valence electrons. The number of amides is 2. The van der Waals surface area contributed by atoms with Gasteiger partial charge in [0.25, 0.3) is 0 Å². The molecule has 0 atom stereocenters. The van der Waals surface area contributed by atoms with Gasteiger partial charge >= 0.3 is 0 Å². The molecule has 2 aromatic carbocycles. The van der Waals surface area contributed by atoms with Crippen LogP contribution in [0.15, 0.2) is 59.7 Å². The smallest absolute Gasteiger partial charge is 0.243 e. The molecule has 0 saturated carbocycles. The molecule has 0 fully saturated rings. The van der Waals surface area contributed by atoms with E-state index in [1.54, 1.807) is 7.11 Å². The van der Waals surface area contributed by atoms with Crippen molar-refractivity contribution in [3.63, 3.8) is 0 Å². The predicted octanol–water partition coefficient (Wildman–Crippen LogP) is 2.77. The van der Waals surface area contributed by atoms with E-state index in [1.807, 2.05) is 54.6 Å². The molecular weight excluding hydrogens is 354 g/mol. The van der Waals surface area contributed by atoms with E-state index in [-0.39, 0.29) is 24.8 Å². The zero-order valence-electron chi connectivity index (χ0n) is 16.1. The van der Waals surface area contributed by atoms with Gasteiger partial charge in [-0.05, 0) is 41.8 Å². The topological polar surface area (TPSA) is 71.0 Å². The summed E-state index contributed by atoms with van der Waals surface area (Å²) < 4.78 is 5.17. The molecule has 2 amide bonds. The summed E-state index contributed by atoms with van der Waals surface area (Å²) in [6, 6.07) is 17.6. The van der Waals surface area contributed by atoms with Gasteiger partial charge in [0.05, 0.1) is 19.4 Å². The summed E-state index contributed by atoms with van der Waals surface area (Å²) in [7, 11) is 1.62. The van der Waals surface area contributed by atoms with Gasteiger partial charge in [-0.1, -0.05) is 30.3 Å². The quantitative estimate of drug-likeness (QED) is 0.767. The van der Waals surface area contributed by atoms with Gasteiger partial charge in [0.2, 0.25) is 11.8 Å². The second-order valence-electron chi connectivity index (χ2n) is 6.63. The van der Waals surface area contributed by atoms with Crippen molar-refractivity contribution in [3.8, 4) is 5.75 Å². The number of methoxy groups -OCH3 is 1. The Labute approximate surface area is 165 Å². The minimum absolute atomic E-state index is 0.0469. The summed E-state index contributed by atoms with van der Waals surface area (Å²) in [6.45, 7) is 0.868. The summed E-state index contributed by atoms with van der Waals surface area (Å²) in [4.78, 5) is 24.2. The third-order valence-electron chi connectivity index (χ3n) is 4.66. The fourth-order valence-electron chi connectivity index (χ4n) is 3.05. The molecule has 0 bridgehead atoms. The maximum absolute atomic E-state index is 12.2. The monoisotopic (exact) mass is 379 g/mol. The maximum Gasteiger partial charge on any atom is 0.243 e. The lowest BCUT2D eigenvalue weighted by molar-refractivity contribution is -0.132.